The second-order valence-electron chi connectivity index (χ2n) is 11.7. The first-order chi connectivity index (χ1) is 24.1. The van der Waals surface area contributed by atoms with Gasteiger partial charge in [-0.1, -0.05) is 36.4 Å². The van der Waals surface area contributed by atoms with Crippen molar-refractivity contribution in [1.29, 1.82) is 0 Å². The number of H-pyrrole nitrogens is 1. The molecule has 258 valence electrons. The number of aromatic nitrogens is 6. The van der Waals surface area contributed by atoms with Crippen molar-refractivity contribution < 1.29 is 26.3 Å². The zero-order valence-corrected chi connectivity index (χ0v) is 28.6. The highest BCUT2D eigenvalue weighted by molar-refractivity contribution is 7.94. The molecule has 3 heterocycles. The Morgan fingerprint density at radius 3 is 2.22 bits per heavy atom. The van der Waals surface area contributed by atoms with Crippen molar-refractivity contribution in [3.8, 4) is 34.0 Å². The molecule has 15 nitrogen and oxygen atoms in total. The summed E-state index contributed by atoms with van der Waals surface area (Å²) in [5.74, 6) is 1.42. The van der Waals surface area contributed by atoms with Crippen molar-refractivity contribution in [2.45, 2.75) is 28.1 Å². The number of hydrogen-bond donors (Lipinski definition) is 4. The molecular weight excluding hydrogens is 683 g/mol. The molecule has 0 bridgehead atoms. The molecule has 4 aromatic carbocycles. The van der Waals surface area contributed by atoms with Gasteiger partial charge in [0.2, 0.25) is 15.8 Å². The first kappa shape index (κ1) is 33.2. The molecule has 1 aliphatic rings. The fourth-order valence-electron chi connectivity index (χ4n) is 5.67. The Morgan fingerprint density at radius 1 is 0.900 bits per heavy atom. The van der Waals surface area contributed by atoms with Gasteiger partial charge in [-0.05, 0) is 69.9 Å². The molecular formula is C33H33N9O6S2. The van der Waals surface area contributed by atoms with Gasteiger partial charge in [-0.15, -0.1) is 10.2 Å². The van der Waals surface area contributed by atoms with Crippen LogP contribution in [0.3, 0.4) is 0 Å². The third-order valence-electron chi connectivity index (χ3n) is 8.48. The number of methoxy groups -OCH3 is 2. The third kappa shape index (κ3) is 6.38. The molecule has 0 atom stereocenters. The SMILES string of the molecule is COc1ccc(CNS(=O)(=O)c2c(S(=O)(=O)C3CNC3)ccc(-c3ccc4nc(N)[nH]c4c3)c2-c2nnn(Cc3ccc(OC)cc3)n2)cc1. The maximum atomic E-state index is 14.5. The van der Waals surface area contributed by atoms with Crippen molar-refractivity contribution in [3.63, 3.8) is 0 Å². The highest BCUT2D eigenvalue weighted by atomic mass is 32.2. The summed E-state index contributed by atoms with van der Waals surface area (Å²) in [4.78, 5) is 7.75. The maximum Gasteiger partial charge on any atom is 0.242 e. The number of sulfone groups is 1. The van der Waals surface area contributed by atoms with Gasteiger partial charge < -0.3 is 25.5 Å². The van der Waals surface area contributed by atoms with E-state index in [9.17, 15) is 16.8 Å². The first-order valence-electron chi connectivity index (χ1n) is 15.5. The minimum Gasteiger partial charge on any atom is -0.497 e. The Balaban J connectivity index is 1.41. The highest BCUT2D eigenvalue weighted by Gasteiger charge is 2.39. The maximum absolute atomic E-state index is 14.5. The quantitative estimate of drug-likeness (QED) is 0.144. The molecule has 1 fully saturated rings. The summed E-state index contributed by atoms with van der Waals surface area (Å²) in [6, 6.07) is 22.3. The lowest BCUT2D eigenvalue weighted by Crippen LogP contribution is -2.51. The molecule has 50 heavy (non-hydrogen) atoms. The van der Waals surface area contributed by atoms with Gasteiger partial charge in [-0.25, -0.2) is 26.5 Å². The zero-order valence-electron chi connectivity index (χ0n) is 27.0. The van der Waals surface area contributed by atoms with Gasteiger partial charge in [-0.3, -0.25) is 0 Å². The van der Waals surface area contributed by atoms with E-state index in [4.69, 9.17) is 15.2 Å². The van der Waals surface area contributed by atoms with Crippen molar-refractivity contribution in [2.24, 2.45) is 0 Å². The molecule has 0 spiro atoms. The first-order valence-corrected chi connectivity index (χ1v) is 18.5. The van der Waals surface area contributed by atoms with E-state index in [0.717, 1.165) is 5.56 Å². The second-order valence-corrected chi connectivity index (χ2v) is 15.6. The minimum absolute atomic E-state index is 0.0200. The van der Waals surface area contributed by atoms with Crippen LogP contribution in [0.1, 0.15) is 11.1 Å². The van der Waals surface area contributed by atoms with Gasteiger partial charge in [0.25, 0.3) is 0 Å². The van der Waals surface area contributed by atoms with Crippen molar-refractivity contribution in [2.75, 3.05) is 33.0 Å². The van der Waals surface area contributed by atoms with Gasteiger partial charge >= 0.3 is 0 Å². The molecule has 1 aliphatic heterocycles. The lowest BCUT2D eigenvalue weighted by molar-refractivity contribution is 0.414. The fourth-order valence-corrected chi connectivity index (χ4v) is 9.31. The van der Waals surface area contributed by atoms with E-state index in [-0.39, 0.29) is 48.4 Å². The number of rotatable bonds is 12. The van der Waals surface area contributed by atoms with Crippen molar-refractivity contribution in [1.82, 2.24) is 40.2 Å². The number of nitrogens with zero attached hydrogens (tertiary/aromatic N) is 5. The fraction of sp³-hybridized carbons (Fsp3) is 0.212. The number of nitrogen functional groups attached to an aromatic ring is 1. The number of fused-ring (bicyclic) bond motifs is 1. The Labute approximate surface area is 287 Å². The van der Waals surface area contributed by atoms with E-state index in [2.05, 4.69) is 35.4 Å². The number of sulfonamides is 1. The summed E-state index contributed by atoms with van der Waals surface area (Å²) in [5, 5.41) is 15.3. The number of ether oxygens (including phenoxy) is 2. The molecule has 1 saturated heterocycles. The van der Waals surface area contributed by atoms with E-state index in [0.29, 0.717) is 39.2 Å². The molecule has 6 aromatic rings. The van der Waals surface area contributed by atoms with Gasteiger partial charge in [0.05, 0.1) is 47.5 Å². The standard InChI is InChI=1S/C33H33N9O6S2/c1-47-23-8-3-20(4-9-23)16-36-50(45,46)31-29(49(43,44)25-17-35-18-25)14-12-26(22-7-13-27-28(15-22)38-33(34)37-27)30(31)32-39-41-42(40-32)19-21-5-10-24(48-2)11-6-21/h3-15,25,35-36H,16-19H2,1-2H3,(H3,34,37,38). The van der Waals surface area contributed by atoms with E-state index in [1.54, 1.807) is 67.8 Å². The van der Waals surface area contributed by atoms with Crippen LogP contribution in [0.5, 0.6) is 11.5 Å². The minimum atomic E-state index is -4.56. The van der Waals surface area contributed by atoms with Crippen LogP contribution in [0.15, 0.2) is 88.7 Å². The van der Waals surface area contributed by atoms with E-state index >= 15 is 0 Å². The lowest BCUT2D eigenvalue weighted by atomic mass is 9.98. The predicted molar refractivity (Wildman–Crippen MR) is 186 cm³/mol. The third-order valence-corrected chi connectivity index (χ3v) is 12.3. The topological polar surface area (TPSA) is 209 Å². The molecule has 5 N–H and O–H groups in total. The number of tetrazole rings is 1. The van der Waals surface area contributed by atoms with E-state index in [1.165, 1.54) is 18.0 Å². The van der Waals surface area contributed by atoms with Crippen LogP contribution >= 0.6 is 0 Å². The number of benzene rings is 4. The Kier molecular flexibility index (Phi) is 8.73. The predicted octanol–water partition coefficient (Wildman–Crippen LogP) is 2.76. The number of anilines is 1. The summed E-state index contributed by atoms with van der Waals surface area (Å²) in [5.41, 5.74) is 9.45. The highest BCUT2D eigenvalue weighted by Crippen LogP contribution is 2.41. The molecule has 0 radical (unpaired) electrons. The molecule has 0 aliphatic carbocycles. The summed E-state index contributed by atoms with van der Waals surface area (Å²) >= 11 is 0. The molecule has 0 amide bonds. The van der Waals surface area contributed by atoms with E-state index in [1.807, 2.05) is 12.1 Å². The molecule has 7 rings (SSSR count). The number of aromatic amines is 1. The van der Waals surface area contributed by atoms with Crippen LogP contribution in [0.25, 0.3) is 33.5 Å². The van der Waals surface area contributed by atoms with Gasteiger partial charge in [0.15, 0.2) is 15.8 Å². The summed E-state index contributed by atoms with van der Waals surface area (Å²) in [7, 11) is -5.60. The molecule has 2 aromatic heterocycles. The average Bonchev–Trinajstić information content (AvgIpc) is 3.71. The van der Waals surface area contributed by atoms with Crippen LogP contribution < -0.4 is 25.2 Å². The number of hydrogen-bond acceptors (Lipinski definition) is 12. The molecule has 17 heteroatoms. The normalized spacial score (nSPS) is 13.7. The van der Waals surface area contributed by atoms with Crippen LogP contribution in [0.2, 0.25) is 0 Å². The largest absolute Gasteiger partial charge is 0.497 e. The second kappa shape index (κ2) is 13.2. The smallest absolute Gasteiger partial charge is 0.242 e. The average molecular weight is 716 g/mol. The molecule has 0 saturated carbocycles. The Hall–Kier alpha value is -5.36. The van der Waals surface area contributed by atoms with Gasteiger partial charge in [0.1, 0.15) is 16.4 Å². The number of imidazole rings is 1. The van der Waals surface area contributed by atoms with Crippen LogP contribution in [0.4, 0.5) is 5.95 Å². The van der Waals surface area contributed by atoms with Crippen LogP contribution in [0, 0.1) is 0 Å². The summed E-state index contributed by atoms with van der Waals surface area (Å²) < 4.78 is 70.3. The lowest BCUT2D eigenvalue weighted by Gasteiger charge is -2.28. The number of nitrogens with two attached hydrogens (primary N) is 1. The summed E-state index contributed by atoms with van der Waals surface area (Å²) in [6.07, 6.45) is 0. The Bertz CT molecular complexity index is 2410. The van der Waals surface area contributed by atoms with Gasteiger partial charge in [0, 0.05) is 19.6 Å². The molecule has 0 unspecified atom stereocenters. The van der Waals surface area contributed by atoms with Crippen LogP contribution in [-0.2, 0) is 33.0 Å². The zero-order chi connectivity index (χ0) is 35.0. The van der Waals surface area contributed by atoms with E-state index < -0.39 is 30.0 Å². The van der Waals surface area contributed by atoms with Crippen LogP contribution in [-0.4, -0.2) is 79.6 Å². The number of nitrogens with one attached hydrogen (secondary N) is 3. The van der Waals surface area contributed by atoms with Crippen molar-refractivity contribution >= 4 is 36.8 Å². The van der Waals surface area contributed by atoms with Gasteiger partial charge in [-0.2, -0.15) is 4.80 Å². The monoisotopic (exact) mass is 715 g/mol. The summed E-state index contributed by atoms with van der Waals surface area (Å²) in [6.45, 7) is 0.450. The van der Waals surface area contributed by atoms with Crippen molar-refractivity contribution in [3.05, 3.63) is 90.0 Å². The Morgan fingerprint density at radius 2 is 1.58 bits per heavy atom.